The molecule has 3 heterocycles. The van der Waals surface area contributed by atoms with Crippen LogP contribution in [0.3, 0.4) is 0 Å². The van der Waals surface area contributed by atoms with Gasteiger partial charge in [0.25, 0.3) is 0 Å². The summed E-state index contributed by atoms with van der Waals surface area (Å²) >= 11 is 1.47. The zero-order chi connectivity index (χ0) is 31.3. The zero-order valence-electron chi connectivity index (χ0n) is 25.9. The molecule has 1 aromatic carbocycles. The molecule has 43 heavy (non-hydrogen) atoms. The number of carbonyl (C=O) groups excluding carboxylic acids is 2. The van der Waals surface area contributed by atoms with Crippen molar-refractivity contribution in [3.63, 3.8) is 0 Å². The molecule has 0 aliphatic carbocycles. The molecule has 1 amide bonds. The predicted molar refractivity (Wildman–Crippen MR) is 170 cm³/mol. The maximum absolute atomic E-state index is 13.4. The number of methoxy groups -OCH3 is 1. The van der Waals surface area contributed by atoms with E-state index in [2.05, 4.69) is 23.2 Å². The summed E-state index contributed by atoms with van der Waals surface area (Å²) in [5.41, 5.74) is 4.10. The largest absolute Gasteiger partial charge is 0.469 e. The van der Waals surface area contributed by atoms with Crippen LogP contribution in [0.5, 0.6) is 0 Å². The molecule has 3 aromatic rings. The Kier molecular flexibility index (Phi) is 10.2. The molecule has 1 aliphatic heterocycles. The van der Waals surface area contributed by atoms with Crippen LogP contribution in [0.25, 0.3) is 11.2 Å². The molecule has 0 spiro atoms. The number of pyridine rings is 1. The summed E-state index contributed by atoms with van der Waals surface area (Å²) in [5.74, 6) is 0.542. The van der Waals surface area contributed by atoms with E-state index in [4.69, 9.17) is 14.5 Å². The van der Waals surface area contributed by atoms with Crippen molar-refractivity contribution in [1.29, 1.82) is 0 Å². The van der Waals surface area contributed by atoms with E-state index in [0.29, 0.717) is 19.5 Å². The summed E-state index contributed by atoms with van der Waals surface area (Å²) < 4.78 is 25.9. The lowest BCUT2D eigenvalue weighted by atomic mass is 9.90. The van der Waals surface area contributed by atoms with E-state index in [1.807, 2.05) is 51.1 Å². The summed E-state index contributed by atoms with van der Waals surface area (Å²) in [7, 11) is 3.32. The highest BCUT2D eigenvalue weighted by Gasteiger charge is 2.28. The number of piperidine rings is 1. The number of thioether (sulfide) groups is 1. The van der Waals surface area contributed by atoms with Crippen molar-refractivity contribution in [2.45, 2.75) is 64.9 Å². The fourth-order valence-corrected chi connectivity index (χ4v) is 5.73. The first-order chi connectivity index (χ1) is 20.4. The van der Waals surface area contributed by atoms with Crippen LogP contribution in [0.1, 0.15) is 69.7 Å². The molecular weight excluding hydrogens is 567 g/mol. The Balaban J connectivity index is 1.57. The van der Waals surface area contributed by atoms with Crippen molar-refractivity contribution < 1.29 is 23.5 Å². The second-order valence-corrected chi connectivity index (χ2v) is 12.7. The van der Waals surface area contributed by atoms with Gasteiger partial charge < -0.3 is 19.3 Å². The van der Waals surface area contributed by atoms with Crippen LogP contribution in [-0.2, 0) is 20.7 Å². The molecule has 1 aliphatic rings. The molecule has 0 N–H and O–H groups in total. The van der Waals surface area contributed by atoms with Crippen LogP contribution >= 0.6 is 11.8 Å². The fourth-order valence-electron chi connectivity index (χ4n) is 5.04. The fraction of sp³-hybridized carbons (Fsp3) is 0.424. The smallest absolute Gasteiger partial charge is 0.410 e. The average molecular weight is 609 g/mol. The van der Waals surface area contributed by atoms with Crippen molar-refractivity contribution >= 4 is 40.9 Å². The molecule has 1 fully saturated rings. The summed E-state index contributed by atoms with van der Waals surface area (Å²) in [6.07, 6.45) is 4.13. The minimum atomic E-state index is -0.522. The molecule has 0 saturated carbocycles. The highest BCUT2D eigenvalue weighted by Crippen LogP contribution is 2.34. The van der Waals surface area contributed by atoms with E-state index in [1.54, 1.807) is 17.0 Å². The number of fused-ring (bicyclic) bond motifs is 1. The second-order valence-electron chi connectivity index (χ2n) is 11.8. The van der Waals surface area contributed by atoms with Gasteiger partial charge in [0.15, 0.2) is 0 Å². The average Bonchev–Trinajstić information content (AvgIpc) is 3.35. The first-order valence-corrected chi connectivity index (χ1v) is 15.3. The number of hydrogen-bond donors (Lipinski definition) is 0. The van der Waals surface area contributed by atoms with Gasteiger partial charge >= 0.3 is 12.1 Å². The van der Waals surface area contributed by atoms with Gasteiger partial charge in [0.2, 0.25) is 0 Å². The number of benzene rings is 1. The van der Waals surface area contributed by atoms with Crippen molar-refractivity contribution in [3.05, 3.63) is 82.2 Å². The van der Waals surface area contributed by atoms with Gasteiger partial charge in [-0.25, -0.2) is 14.2 Å². The number of hydrogen-bond acceptors (Lipinski definition) is 7. The Morgan fingerprint density at radius 1 is 1.16 bits per heavy atom. The predicted octanol–water partition coefficient (Wildman–Crippen LogP) is 7.40. The van der Waals surface area contributed by atoms with Crippen LogP contribution in [0.15, 0.2) is 59.6 Å². The van der Waals surface area contributed by atoms with Crippen LogP contribution in [0.4, 0.5) is 15.0 Å². The topological polar surface area (TPSA) is 76.4 Å². The second kappa shape index (κ2) is 13.7. The Morgan fingerprint density at radius 3 is 2.47 bits per heavy atom. The number of carbonyl (C=O) groups is 2. The lowest BCUT2D eigenvalue weighted by Gasteiger charge is -2.33. The summed E-state index contributed by atoms with van der Waals surface area (Å²) in [6.45, 7) is 13.2. The monoisotopic (exact) mass is 608 g/mol. The third-order valence-electron chi connectivity index (χ3n) is 7.46. The third kappa shape index (κ3) is 8.19. The van der Waals surface area contributed by atoms with E-state index in [0.717, 1.165) is 51.7 Å². The van der Waals surface area contributed by atoms with Gasteiger partial charge in [-0.2, -0.15) is 0 Å². The van der Waals surface area contributed by atoms with Gasteiger partial charge in [-0.05, 0) is 86.8 Å². The number of likely N-dealkylation sites (tertiary alicyclic amines) is 1. The quantitative estimate of drug-likeness (QED) is 0.234. The molecule has 0 unspecified atom stereocenters. The van der Waals surface area contributed by atoms with E-state index in [1.165, 1.54) is 31.0 Å². The summed E-state index contributed by atoms with van der Waals surface area (Å²) in [4.78, 5) is 33.2. The number of anilines is 1. The van der Waals surface area contributed by atoms with Crippen LogP contribution in [-0.4, -0.2) is 59.2 Å². The lowest BCUT2D eigenvalue weighted by Crippen LogP contribution is -2.41. The van der Waals surface area contributed by atoms with Crippen LogP contribution in [0.2, 0.25) is 0 Å². The highest BCUT2D eigenvalue weighted by molar-refractivity contribution is 8.06. The van der Waals surface area contributed by atoms with Gasteiger partial charge in [-0.3, -0.25) is 9.20 Å². The molecule has 0 atom stereocenters. The molecule has 230 valence electrons. The van der Waals surface area contributed by atoms with E-state index in [9.17, 15) is 14.0 Å². The van der Waals surface area contributed by atoms with Crippen molar-refractivity contribution in [3.8, 4) is 0 Å². The number of halogens is 1. The van der Waals surface area contributed by atoms with E-state index in [-0.39, 0.29) is 30.2 Å². The Labute approximate surface area is 257 Å². The zero-order valence-corrected chi connectivity index (χ0v) is 26.7. The van der Waals surface area contributed by atoms with Gasteiger partial charge in [0.1, 0.15) is 22.9 Å². The summed E-state index contributed by atoms with van der Waals surface area (Å²) in [5, 5.41) is 2.76. The first kappa shape index (κ1) is 32.1. The van der Waals surface area contributed by atoms with E-state index < -0.39 is 5.60 Å². The minimum absolute atomic E-state index is 0.209. The van der Waals surface area contributed by atoms with Gasteiger partial charge in [0.05, 0.1) is 24.3 Å². The molecule has 8 nitrogen and oxygen atoms in total. The van der Waals surface area contributed by atoms with Gasteiger partial charge in [0, 0.05) is 32.8 Å². The number of imidazole rings is 1. The minimum Gasteiger partial charge on any atom is -0.469 e. The lowest BCUT2D eigenvalue weighted by molar-refractivity contribution is -0.140. The number of aromatic nitrogens is 2. The SMILES string of the molecule is C=C(S/C=C(\C)c1ccc(F)cc1)N(C)c1c(CCC(=O)OC)nc2ccc(C3CCN(C(=O)OC(C)(C)C)CC3)cn12. The number of rotatable bonds is 9. The number of aryl methyl sites for hydroxylation is 1. The van der Waals surface area contributed by atoms with Crippen LogP contribution < -0.4 is 4.90 Å². The molecule has 4 rings (SSSR count). The maximum Gasteiger partial charge on any atom is 0.410 e. The third-order valence-corrected chi connectivity index (χ3v) is 8.48. The van der Waals surface area contributed by atoms with Crippen molar-refractivity contribution in [1.82, 2.24) is 14.3 Å². The molecular formula is C33H41FN4O4S. The Bertz CT molecular complexity index is 1500. The maximum atomic E-state index is 13.4. The number of allylic oxidation sites excluding steroid dienone is 1. The van der Waals surface area contributed by atoms with Crippen LogP contribution in [0, 0.1) is 5.82 Å². The number of ether oxygens (including phenoxy) is 2. The molecule has 2 aromatic heterocycles. The number of amides is 1. The Morgan fingerprint density at radius 2 is 1.84 bits per heavy atom. The first-order valence-electron chi connectivity index (χ1n) is 14.4. The molecule has 0 bridgehead atoms. The van der Waals surface area contributed by atoms with Gasteiger partial charge in [-0.15, -0.1) is 0 Å². The molecule has 1 saturated heterocycles. The molecule has 0 radical (unpaired) electrons. The van der Waals surface area contributed by atoms with Crippen molar-refractivity contribution in [2.24, 2.45) is 0 Å². The van der Waals surface area contributed by atoms with Gasteiger partial charge in [-0.1, -0.05) is 36.5 Å². The summed E-state index contributed by atoms with van der Waals surface area (Å²) in [6, 6.07) is 10.5. The normalized spacial score (nSPS) is 14.6. The number of nitrogens with zero attached hydrogens (tertiary/aromatic N) is 4. The standard InChI is InChI=1S/C33H41FN4O4S/c1-22(24-8-11-27(34)12-9-24)21-43-23(2)36(6)31-28(13-15-30(39)41-7)35-29-14-10-26(20-38(29)31)25-16-18-37(19-17-25)32(40)42-33(3,4)5/h8-12,14,20-21,25H,2,13,15-19H2,1,3-7H3/b22-21+. The Hall–Kier alpha value is -3.79. The highest BCUT2D eigenvalue weighted by atomic mass is 32.2. The van der Waals surface area contributed by atoms with Crippen molar-refractivity contribution in [2.75, 3.05) is 32.1 Å². The van der Waals surface area contributed by atoms with E-state index >= 15 is 0 Å². The number of esters is 1. The molecule has 10 heteroatoms.